The Hall–Kier alpha value is -0.863. The summed E-state index contributed by atoms with van der Waals surface area (Å²) in [5.74, 6) is 0. The molecule has 1 nitrogen and oxygen atoms in total. The minimum atomic E-state index is -1.54. The van der Waals surface area contributed by atoms with E-state index in [1.165, 1.54) is 12.0 Å². The van der Waals surface area contributed by atoms with E-state index < -0.39 is 8.32 Å². The largest absolute Gasteiger partial charge is 0.417 e. The highest BCUT2D eigenvalue weighted by molar-refractivity contribution is 6.74. The predicted molar refractivity (Wildman–Crippen MR) is 92.5 cm³/mol. The van der Waals surface area contributed by atoms with Crippen LogP contribution in [-0.4, -0.2) is 14.9 Å². The molecule has 1 aromatic rings. The van der Waals surface area contributed by atoms with Crippen molar-refractivity contribution in [3.05, 3.63) is 42.0 Å². The first-order valence-electron chi connectivity index (χ1n) is 7.68. The summed E-state index contributed by atoms with van der Waals surface area (Å²) in [5.41, 5.74) is 1.28. The predicted octanol–water partition coefficient (Wildman–Crippen LogP) is 5.89. The number of rotatable bonds is 7. The quantitative estimate of drug-likeness (QED) is 0.449. The topological polar surface area (TPSA) is 9.23 Å². The van der Waals surface area contributed by atoms with Gasteiger partial charge in [-0.2, -0.15) is 0 Å². The van der Waals surface area contributed by atoms with E-state index in [2.05, 4.69) is 76.3 Å². The molecule has 0 N–H and O–H groups in total. The van der Waals surface area contributed by atoms with E-state index in [-0.39, 0.29) is 0 Å². The van der Waals surface area contributed by atoms with Gasteiger partial charge in [0, 0.05) is 6.61 Å². The van der Waals surface area contributed by atoms with Crippen molar-refractivity contribution in [2.24, 2.45) is 0 Å². The monoisotopic (exact) mass is 290 g/mol. The third-order valence-electron chi connectivity index (χ3n) is 4.14. The molecule has 1 rings (SSSR count). The fourth-order valence-corrected chi connectivity index (χ4v) is 2.78. The maximum absolute atomic E-state index is 6.17. The minimum Gasteiger partial charge on any atom is -0.417 e. The first-order valence-corrected chi connectivity index (χ1v) is 10.6. The lowest BCUT2D eigenvalue weighted by Crippen LogP contribution is -2.40. The highest BCUT2D eigenvalue weighted by Crippen LogP contribution is 2.36. The number of benzene rings is 1. The normalized spacial score (nSPS) is 13.1. The van der Waals surface area contributed by atoms with Crippen LogP contribution in [0.15, 0.2) is 36.4 Å². The second-order valence-electron chi connectivity index (χ2n) is 6.92. The van der Waals surface area contributed by atoms with Crippen LogP contribution in [0.3, 0.4) is 0 Å². The van der Waals surface area contributed by atoms with Crippen LogP contribution in [0.2, 0.25) is 18.1 Å². The van der Waals surface area contributed by atoms with Gasteiger partial charge in [-0.15, -0.1) is 0 Å². The van der Waals surface area contributed by atoms with Crippen LogP contribution in [-0.2, 0) is 4.43 Å². The second-order valence-corrected chi connectivity index (χ2v) is 11.7. The Kier molecular flexibility index (Phi) is 6.70. The van der Waals surface area contributed by atoms with E-state index in [9.17, 15) is 0 Å². The first-order chi connectivity index (χ1) is 9.33. The van der Waals surface area contributed by atoms with Gasteiger partial charge in [0.15, 0.2) is 8.32 Å². The standard InChI is InChI=1S/C18H30OSi/c1-18(2,3)20(4,5)19-16-12-7-6-9-13-17-14-10-8-11-15-17/h8-11,13-15H,6-7,12,16H2,1-5H3/b13-9+. The van der Waals surface area contributed by atoms with E-state index >= 15 is 0 Å². The fourth-order valence-electron chi connectivity index (χ4n) is 1.69. The summed E-state index contributed by atoms with van der Waals surface area (Å²) >= 11 is 0. The number of hydrogen-bond acceptors (Lipinski definition) is 1. The molecule has 0 radical (unpaired) electrons. The van der Waals surface area contributed by atoms with Crippen molar-refractivity contribution < 1.29 is 4.43 Å². The van der Waals surface area contributed by atoms with Crippen LogP contribution in [0.5, 0.6) is 0 Å². The summed E-state index contributed by atoms with van der Waals surface area (Å²) < 4.78 is 6.17. The van der Waals surface area contributed by atoms with Gasteiger partial charge in [-0.05, 0) is 43.0 Å². The van der Waals surface area contributed by atoms with Crippen LogP contribution in [0.25, 0.3) is 6.08 Å². The molecular weight excluding hydrogens is 260 g/mol. The SMILES string of the molecule is CC(C)(C)[Si](C)(C)OCCCC/C=C/c1ccccc1. The zero-order valence-electron chi connectivity index (χ0n) is 13.8. The summed E-state index contributed by atoms with van der Waals surface area (Å²) in [6.45, 7) is 12.4. The van der Waals surface area contributed by atoms with Gasteiger partial charge < -0.3 is 4.43 Å². The molecule has 0 aliphatic heterocycles. The average molecular weight is 291 g/mol. The molecule has 0 aliphatic carbocycles. The lowest BCUT2D eigenvalue weighted by Gasteiger charge is -2.36. The number of unbranched alkanes of at least 4 members (excludes halogenated alkanes) is 2. The van der Waals surface area contributed by atoms with Crippen molar-refractivity contribution in [3.63, 3.8) is 0 Å². The van der Waals surface area contributed by atoms with Gasteiger partial charge in [0.25, 0.3) is 0 Å². The number of allylic oxidation sites excluding steroid dienone is 1. The van der Waals surface area contributed by atoms with E-state index in [1.807, 2.05) is 0 Å². The van der Waals surface area contributed by atoms with E-state index in [0.717, 1.165) is 19.4 Å². The molecule has 20 heavy (non-hydrogen) atoms. The van der Waals surface area contributed by atoms with Gasteiger partial charge in [0.2, 0.25) is 0 Å². The van der Waals surface area contributed by atoms with Crippen molar-refractivity contribution >= 4 is 14.4 Å². The molecule has 112 valence electrons. The zero-order valence-corrected chi connectivity index (χ0v) is 14.8. The van der Waals surface area contributed by atoms with Gasteiger partial charge in [-0.3, -0.25) is 0 Å². The van der Waals surface area contributed by atoms with Crippen LogP contribution >= 0.6 is 0 Å². The molecule has 0 bridgehead atoms. The molecule has 0 atom stereocenters. The third kappa shape index (κ3) is 6.06. The van der Waals surface area contributed by atoms with Crippen LogP contribution in [0.4, 0.5) is 0 Å². The first kappa shape index (κ1) is 17.2. The Balaban J connectivity index is 2.16. The highest BCUT2D eigenvalue weighted by Gasteiger charge is 2.36. The lowest BCUT2D eigenvalue weighted by molar-refractivity contribution is 0.279. The Morgan fingerprint density at radius 1 is 1.05 bits per heavy atom. The summed E-state index contributed by atoms with van der Waals surface area (Å²) in [6, 6.07) is 10.5. The van der Waals surface area contributed by atoms with Crippen LogP contribution < -0.4 is 0 Å². The third-order valence-corrected chi connectivity index (χ3v) is 8.68. The summed E-state index contributed by atoms with van der Waals surface area (Å²) in [7, 11) is -1.54. The highest BCUT2D eigenvalue weighted by atomic mass is 28.4. The van der Waals surface area contributed by atoms with Crippen molar-refractivity contribution in [2.75, 3.05) is 6.61 Å². The van der Waals surface area contributed by atoms with Gasteiger partial charge in [-0.25, -0.2) is 0 Å². The molecule has 1 aromatic carbocycles. The zero-order chi connectivity index (χ0) is 15.1. The van der Waals surface area contributed by atoms with Crippen LogP contribution in [0.1, 0.15) is 45.6 Å². The number of hydrogen-bond donors (Lipinski definition) is 0. The van der Waals surface area contributed by atoms with Crippen molar-refractivity contribution in [1.29, 1.82) is 0 Å². The molecule has 0 aliphatic rings. The molecule has 2 heteroatoms. The summed E-state index contributed by atoms with van der Waals surface area (Å²) in [6.07, 6.45) is 7.97. The van der Waals surface area contributed by atoms with Gasteiger partial charge in [0.1, 0.15) is 0 Å². The molecule has 0 amide bonds. The molecule has 0 fully saturated rings. The fraction of sp³-hybridized carbons (Fsp3) is 0.556. The smallest absolute Gasteiger partial charge is 0.191 e. The van der Waals surface area contributed by atoms with Gasteiger partial charge >= 0.3 is 0 Å². The maximum atomic E-state index is 6.17. The van der Waals surface area contributed by atoms with E-state index in [1.54, 1.807) is 0 Å². The molecule has 0 heterocycles. The Labute approximate surface area is 126 Å². The van der Waals surface area contributed by atoms with Gasteiger partial charge in [-0.1, -0.05) is 63.3 Å². The van der Waals surface area contributed by atoms with Crippen LogP contribution in [0, 0.1) is 0 Å². The second kappa shape index (κ2) is 7.80. The maximum Gasteiger partial charge on any atom is 0.191 e. The van der Waals surface area contributed by atoms with Crippen molar-refractivity contribution in [3.8, 4) is 0 Å². The Bertz CT molecular complexity index is 401. The van der Waals surface area contributed by atoms with Crippen molar-refractivity contribution in [1.82, 2.24) is 0 Å². The molecule has 0 aromatic heterocycles. The summed E-state index contributed by atoms with van der Waals surface area (Å²) in [4.78, 5) is 0. The molecular formula is C18H30OSi. The van der Waals surface area contributed by atoms with E-state index in [4.69, 9.17) is 4.43 Å². The molecule has 0 saturated heterocycles. The molecule has 0 spiro atoms. The summed E-state index contributed by atoms with van der Waals surface area (Å²) in [5, 5.41) is 0.320. The minimum absolute atomic E-state index is 0.320. The molecule has 0 saturated carbocycles. The Morgan fingerprint density at radius 3 is 2.30 bits per heavy atom. The average Bonchev–Trinajstić information content (AvgIpc) is 2.37. The Morgan fingerprint density at radius 2 is 1.70 bits per heavy atom. The van der Waals surface area contributed by atoms with Crippen molar-refractivity contribution in [2.45, 2.75) is 58.2 Å². The molecule has 0 unspecified atom stereocenters. The van der Waals surface area contributed by atoms with E-state index in [0.29, 0.717) is 5.04 Å². The van der Waals surface area contributed by atoms with Gasteiger partial charge in [0.05, 0.1) is 0 Å². The lowest BCUT2D eigenvalue weighted by atomic mass is 10.2.